The summed E-state index contributed by atoms with van der Waals surface area (Å²) in [5.74, 6) is 0. The third-order valence-electron chi connectivity index (χ3n) is 1.57. The smallest absolute Gasteiger partial charge is 0.0409 e. The number of rotatable bonds is 1. The van der Waals surface area contributed by atoms with Crippen LogP contribution >= 0.6 is 0 Å². The summed E-state index contributed by atoms with van der Waals surface area (Å²) in [6.07, 6.45) is 2.33. The van der Waals surface area contributed by atoms with E-state index >= 15 is 0 Å². The molecule has 1 aliphatic rings. The Balaban J connectivity index is 2.13. The van der Waals surface area contributed by atoms with E-state index in [4.69, 9.17) is 7.05 Å². The van der Waals surface area contributed by atoms with Gasteiger partial charge < -0.3 is 10.6 Å². The lowest BCUT2D eigenvalue weighted by Crippen LogP contribution is -2.37. The van der Waals surface area contributed by atoms with E-state index in [0.717, 1.165) is 25.9 Å². The zero-order valence-corrected chi connectivity index (χ0v) is 4.98. The molecule has 8 heavy (non-hydrogen) atoms. The van der Waals surface area contributed by atoms with Crippen molar-refractivity contribution in [1.82, 2.24) is 10.6 Å². The van der Waals surface area contributed by atoms with Crippen LogP contribution in [-0.4, -0.2) is 19.1 Å². The first-order valence-corrected chi connectivity index (χ1v) is 3.10. The second-order valence-electron chi connectivity index (χ2n) is 2.19. The minimum Gasteiger partial charge on any atom is -0.317 e. The average Bonchev–Trinajstić information content (AvgIpc) is 1.90. The SMILES string of the molecule is [CH]NC1CCNCC1. The van der Waals surface area contributed by atoms with Gasteiger partial charge in [0, 0.05) is 13.1 Å². The van der Waals surface area contributed by atoms with Gasteiger partial charge in [-0.25, -0.2) is 0 Å². The highest BCUT2D eigenvalue weighted by Gasteiger charge is 2.08. The van der Waals surface area contributed by atoms with Crippen molar-refractivity contribution in [2.75, 3.05) is 13.1 Å². The Morgan fingerprint density at radius 1 is 1.38 bits per heavy atom. The Morgan fingerprint density at radius 2 is 2.00 bits per heavy atom. The maximum Gasteiger partial charge on any atom is 0.0409 e. The van der Waals surface area contributed by atoms with E-state index in [-0.39, 0.29) is 0 Å². The standard InChI is InChI=1S/C6H12N2/c1-7-6-2-4-8-5-3-6/h1,6-8H,2-5H2. The molecular formula is C6H12N2. The normalized spacial score (nSPS) is 23.6. The van der Waals surface area contributed by atoms with E-state index in [2.05, 4.69) is 10.6 Å². The zero-order chi connectivity index (χ0) is 5.82. The summed E-state index contributed by atoms with van der Waals surface area (Å²) in [5.41, 5.74) is 0. The number of hydrogen-bond donors (Lipinski definition) is 2. The van der Waals surface area contributed by atoms with Crippen LogP contribution in [0.25, 0.3) is 0 Å². The first-order valence-electron chi connectivity index (χ1n) is 3.10. The first-order chi connectivity index (χ1) is 3.93. The molecule has 2 N–H and O–H groups in total. The van der Waals surface area contributed by atoms with Gasteiger partial charge in [-0.1, -0.05) is 0 Å². The van der Waals surface area contributed by atoms with E-state index in [1.165, 1.54) is 0 Å². The van der Waals surface area contributed by atoms with Gasteiger partial charge in [0.1, 0.15) is 0 Å². The predicted molar refractivity (Wildman–Crippen MR) is 33.3 cm³/mol. The summed E-state index contributed by atoms with van der Waals surface area (Å²) < 4.78 is 0. The molecule has 0 aliphatic carbocycles. The molecule has 0 saturated carbocycles. The summed E-state index contributed by atoms with van der Waals surface area (Å²) in [6, 6.07) is 0.552. The molecule has 1 heterocycles. The van der Waals surface area contributed by atoms with Gasteiger partial charge in [0.2, 0.25) is 0 Å². The molecule has 0 spiro atoms. The van der Waals surface area contributed by atoms with Gasteiger partial charge in [0.05, 0.1) is 0 Å². The molecule has 2 heteroatoms. The van der Waals surface area contributed by atoms with Crippen LogP contribution in [0, 0.1) is 7.05 Å². The van der Waals surface area contributed by atoms with Gasteiger partial charge >= 0.3 is 0 Å². The van der Waals surface area contributed by atoms with E-state index in [1.54, 1.807) is 0 Å². The van der Waals surface area contributed by atoms with Gasteiger partial charge in [-0.05, 0) is 25.9 Å². The Kier molecular flexibility index (Phi) is 2.30. The molecule has 2 nitrogen and oxygen atoms in total. The number of nitrogens with one attached hydrogen (secondary N) is 2. The monoisotopic (exact) mass is 112 g/mol. The van der Waals surface area contributed by atoms with Gasteiger partial charge in [-0.3, -0.25) is 0 Å². The van der Waals surface area contributed by atoms with Gasteiger partial charge in [0.15, 0.2) is 0 Å². The molecule has 1 aliphatic heterocycles. The topological polar surface area (TPSA) is 24.1 Å². The maximum atomic E-state index is 5.23. The lowest BCUT2D eigenvalue weighted by Gasteiger charge is -2.21. The summed E-state index contributed by atoms with van der Waals surface area (Å²) in [5, 5.41) is 6.02. The van der Waals surface area contributed by atoms with E-state index < -0.39 is 0 Å². The van der Waals surface area contributed by atoms with Crippen LogP contribution in [0.15, 0.2) is 0 Å². The van der Waals surface area contributed by atoms with Gasteiger partial charge in [-0.2, -0.15) is 0 Å². The second kappa shape index (κ2) is 3.05. The number of hydrogen-bond acceptors (Lipinski definition) is 2. The third-order valence-corrected chi connectivity index (χ3v) is 1.57. The Labute approximate surface area is 50.7 Å². The fourth-order valence-corrected chi connectivity index (χ4v) is 0.989. The molecular weight excluding hydrogens is 100 g/mol. The molecule has 1 fully saturated rings. The highest BCUT2D eigenvalue weighted by molar-refractivity contribution is 4.73. The molecule has 0 atom stereocenters. The van der Waals surface area contributed by atoms with Crippen molar-refractivity contribution in [2.45, 2.75) is 18.9 Å². The summed E-state index contributed by atoms with van der Waals surface area (Å²) in [7, 11) is 5.23. The number of piperidine rings is 1. The fraction of sp³-hybridized carbons (Fsp3) is 0.833. The Hall–Kier alpha value is -0.0800. The van der Waals surface area contributed by atoms with Gasteiger partial charge in [-0.15, -0.1) is 0 Å². The molecule has 0 bridgehead atoms. The van der Waals surface area contributed by atoms with Crippen molar-refractivity contribution in [1.29, 1.82) is 0 Å². The lowest BCUT2D eigenvalue weighted by atomic mass is 10.1. The fourth-order valence-electron chi connectivity index (χ4n) is 0.989. The van der Waals surface area contributed by atoms with Crippen LogP contribution in [-0.2, 0) is 0 Å². The molecule has 46 valence electrons. The average molecular weight is 112 g/mol. The van der Waals surface area contributed by atoms with Crippen LogP contribution in [0.3, 0.4) is 0 Å². The maximum absolute atomic E-state index is 5.23. The lowest BCUT2D eigenvalue weighted by molar-refractivity contribution is 0.419. The van der Waals surface area contributed by atoms with Crippen molar-refractivity contribution >= 4 is 0 Å². The van der Waals surface area contributed by atoms with Crippen molar-refractivity contribution in [3.05, 3.63) is 7.05 Å². The van der Waals surface area contributed by atoms with Crippen molar-refractivity contribution in [3.8, 4) is 0 Å². The minimum atomic E-state index is 0.552. The Morgan fingerprint density at radius 3 is 2.38 bits per heavy atom. The Bertz CT molecular complexity index is 57.5. The van der Waals surface area contributed by atoms with Crippen LogP contribution in [0.4, 0.5) is 0 Å². The third kappa shape index (κ3) is 1.46. The molecule has 1 rings (SSSR count). The van der Waals surface area contributed by atoms with Gasteiger partial charge in [0.25, 0.3) is 0 Å². The highest BCUT2D eigenvalue weighted by atomic mass is 14.9. The van der Waals surface area contributed by atoms with Crippen molar-refractivity contribution in [2.24, 2.45) is 0 Å². The molecule has 0 unspecified atom stereocenters. The molecule has 0 aromatic heterocycles. The molecule has 0 amide bonds. The molecule has 0 aromatic carbocycles. The second-order valence-corrected chi connectivity index (χ2v) is 2.19. The van der Waals surface area contributed by atoms with E-state index in [9.17, 15) is 0 Å². The van der Waals surface area contributed by atoms with E-state index in [0.29, 0.717) is 6.04 Å². The summed E-state index contributed by atoms with van der Waals surface area (Å²) in [6.45, 7) is 2.21. The van der Waals surface area contributed by atoms with Crippen molar-refractivity contribution < 1.29 is 0 Å². The summed E-state index contributed by atoms with van der Waals surface area (Å²) in [4.78, 5) is 0. The van der Waals surface area contributed by atoms with Crippen LogP contribution in [0.1, 0.15) is 12.8 Å². The molecule has 0 aromatic rings. The van der Waals surface area contributed by atoms with Crippen molar-refractivity contribution in [3.63, 3.8) is 0 Å². The van der Waals surface area contributed by atoms with Crippen LogP contribution in [0.2, 0.25) is 0 Å². The zero-order valence-electron chi connectivity index (χ0n) is 4.98. The quantitative estimate of drug-likeness (QED) is 0.466. The predicted octanol–water partition coefficient (Wildman–Crippen LogP) is -0.00341. The largest absolute Gasteiger partial charge is 0.317 e. The highest BCUT2D eigenvalue weighted by Crippen LogP contribution is 1.99. The minimum absolute atomic E-state index is 0.552. The van der Waals surface area contributed by atoms with E-state index in [1.807, 2.05) is 0 Å². The first kappa shape index (κ1) is 6.05. The summed E-state index contributed by atoms with van der Waals surface area (Å²) >= 11 is 0. The van der Waals surface area contributed by atoms with Crippen LogP contribution < -0.4 is 10.6 Å². The molecule has 1 saturated heterocycles. The van der Waals surface area contributed by atoms with Crippen LogP contribution in [0.5, 0.6) is 0 Å². The molecule has 2 radical (unpaired) electrons.